The van der Waals surface area contributed by atoms with Gasteiger partial charge in [-0.2, -0.15) is 0 Å². The number of carboxylic acid groups (broad SMARTS) is 1. The molecule has 0 saturated heterocycles. The molecule has 0 fully saturated rings. The minimum Gasteiger partial charge on any atom is -0.872 e. The van der Waals surface area contributed by atoms with E-state index in [9.17, 15) is 10.2 Å². The van der Waals surface area contributed by atoms with Gasteiger partial charge in [-0.15, -0.1) is 0 Å². The molecule has 0 bridgehead atoms. The van der Waals surface area contributed by atoms with Crippen molar-refractivity contribution in [3.63, 3.8) is 0 Å². The summed E-state index contributed by atoms with van der Waals surface area (Å²) in [7, 11) is 6.45. The summed E-state index contributed by atoms with van der Waals surface area (Å²) in [5.74, 6) is -0.885. The van der Waals surface area contributed by atoms with Crippen molar-refractivity contribution in [2.45, 2.75) is 20.3 Å². The van der Waals surface area contributed by atoms with Crippen LogP contribution >= 0.6 is 0 Å². The summed E-state index contributed by atoms with van der Waals surface area (Å²) < 4.78 is 0.864. The highest BCUT2D eigenvalue weighted by Crippen LogP contribution is 2.41. The Bertz CT molecular complexity index is 1340. The molecule has 0 aromatic heterocycles. The Kier molecular flexibility index (Phi) is 8.27. The number of carboxylic acids is 1. The molecule has 0 heterocycles. The minimum atomic E-state index is -0.833. The highest BCUT2D eigenvalue weighted by atomic mass is 16.4. The Morgan fingerprint density at radius 3 is 2.14 bits per heavy atom. The monoisotopic (exact) mass is 487 g/mol. The lowest BCUT2D eigenvalue weighted by molar-refractivity contribution is -0.870. The fraction of sp³-hybridized carbons (Fsp3) is 0.276. The lowest BCUT2D eigenvalue weighted by Gasteiger charge is -2.26. The van der Waals surface area contributed by atoms with Crippen molar-refractivity contribution in [1.29, 1.82) is 0 Å². The Morgan fingerprint density at radius 1 is 0.944 bits per heavy atom. The number of quaternary nitrogens is 1. The van der Waals surface area contributed by atoms with E-state index in [0.29, 0.717) is 39.9 Å². The number of rotatable bonds is 5. The van der Waals surface area contributed by atoms with Gasteiger partial charge in [0.05, 0.1) is 50.4 Å². The quantitative estimate of drug-likeness (QED) is 0.405. The van der Waals surface area contributed by atoms with Crippen LogP contribution in [-0.4, -0.2) is 66.3 Å². The standard InChI is InChI=1S/C27H29N3O2.C2H4O2/c1-18-10-12-19(13-11-18)29-23-15-14-22(28-16-7-17-30(2,3)4)24-25(23)27(32)21-9-6-5-8-20(21)26(24)31;1-2(3)4/h5-6,8-15H,7,16-17H2,1-4H3,(H-,28,29,31,32);1H3,(H,3,4). The normalized spacial score (nSPS) is 15.0. The second-order valence-corrected chi connectivity index (χ2v) is 9.79. The zero-order valence-electron chi connectivity index (χ0n) is 21.4. The van der Waals surface area contributed by atoms with Gasteiger partial charge >= 0.3 is 0 Å². The number of hydrogen-bond donors (Lipinski definition) is 2. The highest BCUT2D eigenvalue weighted by molar-refractivity contribution is 6.30. The summed E-state index contributed by atoms with van der Waals surface area (Å²) in [5.41, 5.74) is 3.98. The highest BCUT2D eigenvalue weighted by Gasteiger charge is 2.24. The van der Waals surface area contributed by atoms with Crippen LogP contribution in [0.15, 0.2) is 70.7 Å². The number of benzene rings is 3. The molecule has 0 spiro atoms. The van der Waals surface area contributed by atoms with Crippen LogP contribution in [0.3, 0.4) is 0 Å². The number of phenols is 1. The van der Waals surface area contributed by atoms with Gasteiger partial charge in [0.25, 0.3) is 5.97 Å². The molecule has 3 aromatic rings. The zero-order chi connectivity index (χ0) is 26.5. The van der Waals surface area contributed by atoms with Crippen LogP contribution in [0, 0.1) is 6.92 Å². The molecule has 0 radical (unpaired) electrons. The summed E-state index contributed by atoms with van der Waals surface area (Å²) in [4.78, 5) is 18.5. The van der Waals surface area contributed by atoms with Gasteiger partial charge in [0.2, 0.25) is 0 Å². The topological polar surface area (TPSA) is 105 Å². The van der Waals surface area contributed by atoms with E-state index in [4.69, 9.17) is 19.9 Å². The van der Waals surface area contributed by atoms with Gasteiger partial charge in [0.15, 0.2) is 0 Å². The second-order valence-electron chi connectivity index (χ2n) is 9.79. The molecule has 7 heteroatoms. The lowest BCUT2D eigenvalue weighted by Crippen LogP contribution is -2.35. The van der Waals surface area contributed by atoms with Crippen molar-refractivity contribution in [2.24, 2.45) is 9.98 Å². The number of carbonyl (C=O) groups is 1. The number of allylic oxidation sites excluding steroid dienone is 2. The van der Waals surface area contributed by atoms with Gasteiger partial charge in [-0.05, 0) is 36.6 Å². The largest absolute Gasteiger partial charge is 0.872 e. The molecule has 36 heavy (non-hydrogen) atoms. The van der Waals surface area contributed by atoms with Gasteiger partial charge in [-0.3, -0.25) is 9.79 Å². The fourth-order valence-electron chi connectivity index (χ4n) is 3.94. The zero-order valence-corrected chi connectivity index (χ0v) is 21.4. The van der Waals surface area contributed by atoms with E-state index >= 15 is 0 Å². The average Bonchev–Trinajstić information content (AvgIpc) is 2.81. The van der Waals surface area contributed by atoms with E-state index in [1.807, 2.05) is 55.5 Å². The number of phenolic OH excluding ortho intramolecular Hbond substituents is 1. The van der Waals surface area contributed by atoms with Crippen molar-refractivity contribution in [1.82, 2.24) is 0 Å². The molecule has 1 aliphatic rings. The summed E-state index contributed by atoms with van der Waals surface area (Å²) in [6, 6.07) is 15.0. The third kappa shape index (κ3) is 6.58. The lowest BCUT2D eigenvalue weighted by atomic mass is 9.88. The molecular formula is C29H33N3O4. The van der Waals surface area contributed by atoms with Gasteiger partial charge < -0.3 is 19.8 Å². The first kappa shape index (κ1) is 26.6. The molecule has 0 amide bonds. The Hall–Kier alpha value is -3.97. The number of hydrogen-bond acceptors (Lipinski definition) is 5. The minimum absolute atomic E-state index is 0.0736. The first-order chi connectivity index (χ1) is 17.0. The molecule has 0 aliphatic heterocycles. The second kappa shape index (κ2) is 11.2. The van der Waals surface area contributed by atoms with E-state index in [1.54, 1.807) is 12.1 Å². The van der Waals surface area contributed by atoms with Crippen LogP contribution in [0.5, 0.6) is 11.5 Å². The molecule has 3 aromatic carbocycles. The van der Waals surface area contributed by atoms with Crippen LogP contribution in [0.4, 0.5) is 5.69 Å². The molecule has 0 saturated carbocycles. The number of aliphatic carboxylic acids is 1. The van der Waals surface area contributed by atoms with E-state index in [1.165, 1.54) is 0 Å². The molecule has 7 nitrogen and oxygen atoms in total. The van der Waals surface area contributed by atoms with E-state index < -0.39 is 5.97 Å². The fourth-order valence-corrected chi connectivity index (χ4v) is 3.94. The predicted molar refractivity (Wildman–Crippen MR) is 144 cm³/mol. The van der Waals surface area contributed by atoms with Crippen molar-refractivity contribution >= 4 is 33.9 Å². The van der Waals surface area contributed by atoms with Crippen LogP contribution in [-0.2, 0) is 4.79 Å². The number of aromatic hydroxyl groups is 1. The third-order valence-corrected chi connectivity index (χ3v) is 5.60. The average molecular weight is 488 g/mol. The van der Waals surface area contributed by atoms with Gasteiger partial charge in [-0.25, -0.2) is 4.99 Å². The summed E-state index contributed by atoms with van der Waals surface area (Å²) >= 11 is 0. The molecule has 2 N–H and O–H groups in total. The van der Waals surface area contributed by atoms with Crippen LogP contribution in [0.25, 0.3) is 10.8 Å². The Labute approximate surface area is 212 Å². The van der Waals surface area contributed by atoms with E-state index in [2.05, 4.69) is 21.1 Å². The number of nitrogens with zero attached hydrogens (tertiary/aromatic N) is 3. The summed E-state index contributed by atoms with van der Waals surface area (Å²) in [5, 5.41) is 33.1. The SMILES string of the molecule is CC(=O)O.Cc1ccc(N=C2C=CC(=NCCC[N+](C)(C)C)c3c2c(O)c2ccccc2c3[O-])cc1. The van der Waals surface area contributed by atoms with Crippen LogP contribution < -0.4 is 5.11 Å². The molecule has 188 valence electrons. The Balaban J connectivity index is 0.000000840. The Morgan fingerprint density at radius 2 is 1.53 bits per heavy atom. The van der Waals surface area contributed by atoms with Crippen molar-refractivity contribution in [3.8, 4) is 11.5 Å². The summed E-state index contributed by atoms with van der Waals surface area (Å²) in [6.07, 6.45) is 4.60. The number of aryl methyl sites for hydroxylation is 1. The van der Waals surface area contributed by atoms with Gasteiger partial charge in [0.1, 0.15) is 5.75 Å². The smallest absolute Gasteiger partial charge is 0.300 e. The van der Waals surface area contributed by atoms with E-state index in [-0.39, 0.29) is 11.5 Å². The maximum Gasteiger partial charge on any atom is 0.300 e. The molecule has 0 atom stereocenters. The van der Waals surface area contributed by atoms with Crippen molar-refractivity contribution < 1.29 is 24.6 Å². The third-order valence-electron chi connectivity index (χ3n) is 5.60. The predicted octanol–water partition coefficient (Wildman–Crippen LogP) is 4.59. The first-order valence-corrected chi connectivity index (χ1v) is 11.8. The number of fused-ring (bicyclic) bond motifs is 2. The van der Waals surface area contributed by atoms with Crippen LogP contribution in [0.2, 0.25) is 0 Å². The van der Waals surface area contributed by atoms with Gasteiger partial charge in [-0.1, -0.05) is 47.7 Å². The maximum atomic E-state index is 13.5. The maximum absolute atomic E-state index is 13.5. The van der Waals surface area contributed by atoms with Crippen molar-refractivity contribution in [3.05, 3.63) is 77.4 Å². The molecule has 0 unspecified atom stereocenters. The van der Waals surface area contributed by atoms with Gasteiger partial charge in [0, 0.05) is 30.8 Å². The number of aliphatic imine (C=N–C) groups is 2. The van der Waals surface area contributed by atoms with Crippen LogP contribution in [0.1, 0.15) is 30.0 Å². The molecule has 1 aliphatic carbocycles. The van der Waals surface area contributed by atoms with Crippen molar-refractivity contribution in [2.75, 3.05) is 34.2 Å². The molecular weight excluding hydrogens is 454 g/mol. The van der Waals surface area contributed by atoms with E-state index in [0.717, 1.165) is 35.6 Å². The first-order valence-electron chi connectivity index (χ1n) is 11.8. The molecule has 4 rings (SSSR count). The summed E-state index contributed by atoms with van der Waals surface area (Å²) in [6.45, 7) is 4.71.